The Labute approximate surface area is 126 Å². The first kappa shape index (κ1) is 15.4. The van der Waals surface area contributed by atoms with Crippen LogP contribution in [0.4, 0.5) is 0 Å². The van der Waals surface area contributed by atoms with Crippen molar-refractivity contribution in [3.63, 3.8) is 0 Å². The Kier molecular flexibility index (Phi) is 6.62. The molecular weight excluding hydrogens is 262 g/mol. The van der Waals surface area contributed by atoms with Crippen LogP contribution in [0.15, 0.2) is 54.6 Å². The van der Waals surface area contributed by atoms with Gasteiger partial charge in [-0.15, -0.1) is 0 Å². The van der Waals surface area contributed by atoms with Crippen molar-refractivity contribution in [3.05, 3.63) is 54.6 Å². The number of unbranched alkanes of at least 4 members (excludes halogenated alkanes) is 2. The Morgan fingerprint density at radius 3 is 2.29 bits per heavy atom. The largest absolute Gasteiger partial charge is 0.490 e. The van der Waals surface area contributed by atoms with E-state index in [1.807, 2.05) is 61.6 Å². The lowest BCUT2D eigenvalue weighted by molar-refractivity contribution is 0.292. The van der Waals surface area contributed by atoms with Gasteiger partial charge in [0, 0.05) is 0 Å². The first-order chi connectivity index (χ1) is 10.4. The average molecular weight is 285 g/mol. The van der Waals surface area contributed by atoms with Crippen LogP contribution in [-0.4, -0.2) is 20.2 Å². The summed E-state index contributed by atoms with van der Waals surface area (Å²) in [6, 6.07) is 17.6. The number of hydrogen-bond acceptors (Lipinski definition) is 3. The lowest BCUT2D eigenvalue weighted by Gasteiger charge is -2.12. The molecule has 2 aromatic carbocycles. The van der Waals surface area contributed by atoms with E-state index >= 15 is 0 Å². The fraction of sp³-hybridized carbons (Fsp3) is 0.333. The average Bonchev–Trinajstić information content (AvgIpc) is 2.53. The molecule has 0 saturated carbocycles. The SMILES string of the molecule is CNCCCCCOc1ccccc1Oc1ccccc1. The zero-order valence-electron chi connectivity index (χ0n) is 12.5. The summed E-state index contributed by atoms with van der Waals surface area (Å²) >= 11 is 0. The molecule has 2 rings (SSSR count). The molecule has 21 heavy (non-hydrogen) atoms. The molecule has 0 aromatic heterocycles. The molecule has 3 heteroatoms. The van der Waals surface area contributed by atoms with E-state index in [1.165, 1.54) is 12.8 Å². The van der Waals surface area contributed by atoms with Crippen LogP contribution in [0.2, 0.25) is 0 Å². The summed E-state index contributed by atoms with van der Waals surface area (Å²) in [7, 11) is 1.98. The Balaban J connectivity index is 1.85. The minimum absolute atomic E-state index is 0.721. The molecule has 1 N–H and O–H groups in total. The minimum Gasteiger partial charge on any atom is -0.490 e. The molecule has 2 aromatic rings. The van der Waals surface area contributed by atoms with E-state index in [0.717, 1.165) is 36.8 Å². The summed E-state index contributed by atoms with van der Waals surface area (Å²) < 4.78 is 11.7. The predicted octanol–water partition coefficient (Wildman–Crippen LogP) is 4.25. The minimum atomic E-state index is 0.721. The van der Waals surface area contributed by atoms with Crippen molar-refractivity contribution >= 4 is 0 Å². The van der Waals surface area contributed by atoms with Crippen LogP contribution in [0.25, 0.3) is 0 Å². The Hall–Kier alpha value is -2.00. The number of nitrogens with one attached hydrogen (secondary N) is 1. The van der Waals surface area contributed by atoms with E-state index in [9.17, 15) is 0 Å². The fourth-order valence-electron chi connectivity index (χ4n) is 2.03. The third kappa shape index (κ3) is 5.48. The van der Waals surface area contributed by atoms with Gasteiger partial charge in [0.15, 0.2) is 11.5 Å². The second kappa shape index (κ2) is 9.03. The van der Waals surface area contributed by atoms with Gasteiger partial charge in [-0.05, 0) is 57.1 Å². The number of ether oxygens (including phenoxy) is 2. The maximum absolute atomic E-state index is 5.87. The molecule has 0 fully saturated rings. The third-order valence-electron chi connectivity index (χ3n) is 3.15. The van der Waals surface area contributed by atoms with Crippen molar-refractivity contribution in [3.8, 4) is 17.2 Å². The molecule has 0 spiro atoms. The van der Waals surface area contributed by atoms with Gasteiger partial charge in [0.25, 0.3) is 0 Å². The van der Waals surface area contributed by atoms with Crippen molar-refractivity contribution in [2.24, 2.45) is 0 Å². The molecule has 0 atom stereocenters. The lowest BCUT2D eigenvalue weighted by atomic mass is 10.2. The van der Waals surface area contributed by atoms with Gasteiger partial charge in [-0.3, -0.25) is 0 Å². The first-order valence-electron chi connectivity index (χ1n) is 7.49. The monoisotopic (exact) mass is 285 g/mol. The second-order valence-corrected chi connectivity index (χ2v) is 4.87. The van der Waals surface area contributed by atoms with Gasteiger partial charge in [-0.1, -0.05) is 30.3 Å². The smallest absolute Gasteiger partial charge is 0.169 e. The first-order valence-corrected chi connectivity index (χ1v) is 7.49. The van der Waals surface area contributed by atoms with Crippen LogP contribution >= 0.6 is 0 Å². The Morgan fingerprint density at radius 1 is 0.810 bits per heavy atom. The fourth-order valence-corrected chi connectivity index (χ4v) is 2.03. The number of benzene rings is 2. The molecule has 0 aliphatic rings. The molecule has 0 saturated heterocycles. The normalized spacial score (nSPS) is 10.3. The molecule has 0 unspecified atom stereocenters. The van der Waals surface area contributed by atoms with Gasteiger partial charge in [-0.25, -0.2) is 0 Å². The predicted molar refractivity (Wildman–Crippen MR) is 86.2 cm³/mol. The zero-order valence-corrected chi connectivity index (χ0v) is 12.5. The van der Waals surface area contributed by atoms with E-state index in [0.29, 0.717) is 0 Å². The molecule has 0 heterocycles. The summed E-state index contributed by atoms with van der Waals surface area (Å²) in [6.07, 6.45) is 3.41. The van der Waals surface area contributed by atoms with E-state index in [4.69, 9.17) is 9.47 Å². The van der Waals surface area contributed by atoms with E-state index in [2.05, 4.69) is 5.32 Å². The van der Waals surface area contributed by atoms with E-state index in [-0.39, 0.29) is 0 Å². The summed E-state index contributed by atoms with van der Waals surface area (Å²) in [4.78, 5) is 0. The van der Waals surface area contributed by atoms with E-state index < -0.39 is 0 Å². The van der Waals surface area contributed by atoms with Crippen molar-refractivity contribution in [1.82, 2.24) is 5.32 Å². The highest BCUT2D eigenvalue weighted by Crippen LogP contribution is 2.31. The van der Waals surface area contributed by atoms with Gasteiger partial charge in [-0.2, -0.15) is 0 Å². The standard InChI is InChI=1S/C18H23NO2/c1-19-14-8-3-9-15-20-17-12-6-7-13-18(17)21-16-10-4-2-5-11-16/h2,4-7,10-13,19H,3,8-9,14-15H2,1H3. The summed E-state index contributed by atoms with van der Waals surface area (Å²) in [5.41, 5.74) is 0. The Bertz CT molecular complexity index is 514. The van der Waals surface area contributed by atoms with Gasteiger partial charge in [0.1, 0.15) is 5.75 Å². The quantitative estimate of drug-likeness (QED) is 0.699. The van der Waals surface area contributed by atoms with E-state index in [1.54, 1.807) is 0 Å². The highest BCUT2D eigenvalue weighted by molar-refractivity contribution is 5.42. The molecule has 0 aliphatic heterocycles. The van der Waals surface area contributed by atoms with Crippen molar-refractivity contribution in [1.29, 1.82) is 0 Å². The maximum atomic E-state index is 5.87. The molecule has 0 amide bonds. The molecule has 112 valence electrons. The van der Waals surface area contributed by atoms with Crippen LogP contribution in [0, 0.1) is 0 Å². The highest BCUT2D eigenvalue weighted by Gasteiger charge is 2.05. The summed E-state index contributed by atoms with van der Waals surface area (Å²) in [6.45, 7) is 1.78. The summed E-state index contributed by atoms with van der Waals surface area (Å²) in [5.74, 6) is 2.39. The third-order valence-corrected chi connectivity index (χ3v) is 3.15. The van der Waals surface area contributed by atoms with Crippen molar-refractivity contribution in [2.45, 2.75) is 19.3 Å². The number of para-hydroxylation sites is 3. The van der Waals surface area contributed by atoms with Crippen molar-refractivity contribution in [2.75, 3.05) is 20.2 Å². The van der Waals surface area contributed by atoms with Crippen LogP contribution in [-0.2, 0) is 0 Å². The second-order valence-electron chi connectivity index (χ2n) is 4.87. The lowest BCUT2D eigenvalue weighted by Crippen LogP contribution is -2.08. The van der Waals surface area contributed by atoms with Gasteiger partial charge < -0.3 is 14.8 Å². The topological polar surface area (TPSA) is 30.5 Å². The van der Waals surface area contributed by atoms with Gasteiger partial charge >= 0.3 is 0 Å². The van der Waals surface area contributed by atoms with Crippen LogP contribution in [0.5, 0.6) is 17.2 Å². The molecule has 0 radical (unpaired) electrons. The van der Waals surface area contributed by atoms with Crippen LogP contribution in [0.3, 0.4) is 0 Å². The van der Waals surface area contributed by atoms with Crippen molar-refractivity contribution < 1.29 is 9.47 Å². The molecular formula is C18H23NO2. The van der Waals surface area contributed by atoms with Crippen LogP contribution in [0.1, 0.15) is 19.3 Å². The van der Waals surface area contributed by atoms with Crippen LogP contribution < -0.4 is 14.8 Å². The highest BCUT2D eigenvalue weighted by atomic mass is 16.5. The number of rotatable bonds is 9. The van der Waals surface area contributed by atoms with Gasteiger partial charge in [0.2, 0.25) is 0 Å². The Morgan fingerprint density at radius 2 is 1.52 bits per heavy atom. The zero-order chi connectivity index (χ0) is 14.8. The summed E-state index contributed by atoms with van der Waals surface area (Å²) in [5, 5.41) is 3.15. The molecule has 0 bridgehead atoms. The number of hydrogen-bond donors (Lipinski definition) is 1. The molecule has 0 aliphatic carbocycles. The van der Waals surface area contributed by atoms with Gasteiger partial charge in [0.05, 0.1) is 6.61 Å². The maximum Gasteiger partial charge on any atom is 0.169 e. The molecule has 3 nitrogen and oxygen atoms in total.